The molecule has 5 nitrogen and oxygen atoms in total. The van der Waals surface area contributed by atoms with Gasteiger partial charge in [0, 0.05) is 25.9 Å². The van der Waals surface area contributed by atoms with Gasteiger partial charge in [-0.25, -0.2) is 4.68 Å². The van der Waals surface area contributed by atoms with Gasteiger partial charge in [0.2, 0.25) is 5.95 Å². The standard InChI is InChI=1S/C9H11N5/c1-14-9(10)12-8(13-14)5-7-3-2-4-11-6-7/h2-4,6H,5H2,1H3,(H2,10,12,13). The Hall–Kier alpha value is -1.91. The van der Waals surface area contributed by atoms with E-state index in [-0.39, 0.29) is 0 Å². The summed E-state index contributed by atoms with van der Waals surface area (Å²) in [5, 5.41) is 4.16. The van der Waals surface area contributed by atoms with Gasteiger partial charge >= 0.3 is 0 Å². The summed E-state index contributed by atoms with van der Waals surface area (Å²) in [5.41, 5.74) is 6.65. The molecule has 0 saturated carbocycles. The lowest BCUT2D eigenvalue weighted by atomic mass is 10.2. The Morgan fingerprint density at radius 1 is 1.50 bits per heavy atom. The molecule has 0 aliphatic heterocycles. The molecule has 0 atom stereocenters. The Morgan fingerprint density at radius 3 is 2.93 bits per heavy atom. The van der Waals surface area contributed by atoms with E-state index in [9.17, 15) is 0 Å². The topological polar surface area (TPSA) is 69.6 Å². The van der Waals surface area contributed by atoms with E-state index in [4.69, 9.17) is 5.73 Å². The van der Waals surface area contributed by atoms with Gasteiger partial charge in [-0.1, -0.05) is 6.07 Å². The van der Waals surface area contributed by atoms with E-state index in [0.29, 0.717) is 12.4 Å². The molecule has 5 heteroatoms. The van der Waals surface area contributed by atoms with Crippen LogP contribution in [0.15, 0.2) is 24.5 Å². The Labute approximate surface area is 81.6 Å². The average Bonchev–Trinajstić information content (AvgIpc) is 2.47. The first-order valence-electron chi connectivity index (χ1n) is 4.30. The molecule has 0 aliphatic carbocycles. The number of aromatic nitrogens is 4. The first-order valence-corrected chi connectivity index (χ1v) is 4.30. The normalized spacial score (nSPS) is 10.4. The van der Waals surface area contributed by atoms with Crippen molar-refractivity contribution in [3.05, 3.63) is 35.9 Å². The SMILES string of the molecule is Cn1nc(Cc2cccnc2)nc1N. The maximum atomic E-state index is 5.57. The summed E-state index contributed by atoms with van der Waals surface area (Å²) in [7, 11) is 1.77. The van der Waals surface area contributed by atoms with Crippen LogP contribution >= 0.6 is 0 Å². The smallest absolute Gasteiger partial charge is 0.218 e. The van der Waals surface area contributed by atoms with Crippen molar-refractivity contribution in [1.82, 2.24) is 19.7 Å². The number of aryl methyl sites for hydroxylation is 1. The Kier molecular flexibility index (Phi) is 2.14. The molecule has 0 radical (unpaired) electrons. The molecule has 0 saturated heterocycles. The predicted octanol–water partition coefficient (Wildman–Crippen LogP) is 0.383. The van der Waals surface area contributed by atoms with Crippen molar-refractivity contribution < 1.29 is 0 Å². The first kappa shape index (κ1) is 8.68. The molecule has 2 aromatic heterocycles. The highest BCUT2D eigenvalue weighted by atomic mass is 15.4. The molecule has 14 heavy (non-hydrogen) atoms. The van der Waals surface area contributed by atoms with Crippen LogP contribution in [0.25, 0.3) is 0 Å². The monoisotopic (exact) mass is 189 g/mol. The van der Waals surface area contributed by atoms with Gasteiger partial charge in [0.25, 0.3) is 0 Å². The summed E-state index contributed by atoms with van der Waals surface area (Å²) in [4.78, 5) is 8.12. The van der Waals surface area contributed by atoms with E-state index in [1.165, 1.54) is 0 Å². The molecule has 2 aromatic rings. The highest BCUT2D eigenvalue weighted by Gasteiger charge is 2.04. The van der Waals surface area contributed by atoms with E-state index in [1.54, 1.807) is 24.1 Å². The van der Waals surface area contributed by atoms with Crippen molar-refractivity contribution in [1.29, 1.82) is 0 Å². The highest BCUT2D eigenvalue weighted by molar-refractivity contribution is 5.20. The second kappa shape index (κ2) is 3.45. The predicted molar refractivity (Wildman–Crippen MR) is 52.5 cm³/mol. The van der Waals surface area contributed by atoms with Gasteiger partial charge in [0.05, 0.1) is 0 Å². The second-order valence-corrected chi connectivity index (χ2v) is 3.05. The van der Waals surface area contributed by atoms with Crippen LogP contribution in [0.5, 0.6) is 0 Å². The van der Waals surface area contributed by atoms with Gasteiger partial charge in [-0.2, -0.15) is 10.1 Å². The van der Waals surface area contributed by atoms with E-state index in [0.717, 1.165) is 11.4 Å². The molecular formula is C9H11N5. The number of nitrogens with two attached hydrogens (primary N) is 1. The summed E-state index contributed by atoms with van der Waals surface area (Å²) >= 11 is 0. The molecule has 0 bridgehead atoms. The minimum Gasteiger partial charge on any atom is -0.368 e. The van der Waals surface area contributed by atoms with Crippen molar-refractivity contribution in [3.8, 4) is 0 Å². The zero-order valence-corrected chi connectivity index (χ0v) is 7.88. The number of rotatable bonds is 2. The Bertz CT molecular complexity index is 401. The maximum absolute atomic E-state index is 5.57. The number of hydrogen-bond donors (Lipinski definition) is 1. The number of nitrogens with zero attached hydrogens (tertiary/aromatic N) is 4. The van der Waals surface area contributed by atoms with Crippen molar-refractivity contribution in [2.45, 2.75) is 6.42 Å². The van der Waals surface area contributed by atoms with Crippen molar-refractivity contribution in [2.24, 2.45) is 7.05 Å². The van der Waals surface area contributed by atoms with Crippen LogP contribution in [0.1, 0.15) is 11.4 Å². The van der Waals surface area contributed by atoms with Crippen LogP contribution < -0.4 is 5.73 Å². The third kappa shape index (κ3) is 1.71. The number of anilines is 1. The quantitative estimate of drug-likeness (QED) is 0.741. The highest BCUT2D eigenvalue weighted by Crippen LogP contribution is 2.05. The van der Waals surface area contributed by atoms with Crippen LogP contribution in [0.2, 0.25) is 0 Å². The molecule has 0 amide bonds. The molecule has 72 valence electrons. The molecule has 2 N–H and O–H groups in total. The zero-order valence-electron chi connectivity index (χ0n) is 7.88. The minimum absolute atomic E-state index is 0.434. The first-order chi connectivity index (χ1) is 6.75. The second-order valence-electron chi connectivity index (χ2n) is 3.05. The molecule has 0 aromatic carbocycles. The fourth-order valence-electron chi connectivity index (χ4n) is 1.21. The van der Waals surface area contributed by atoms with E-state index in [2.05, 4.69) is 15.1 Å². The van der Waals surface area contributed by atoms with Gasteiger partial charge in [-0.15, -0.1) is 0 Å². The lowest BCUT2D eigenvalue weighted by Gasteiger charge is -1.93. The van der Waals surface area contributed by atoms with Crippen molar-refractivity contribution >= 4 is 5.95 Å². The van der Waals surface area contributed by atoms with Gasteiger partial charge in [-0.05, 0) is 11.6 Å². The van der Waals surface area contributed by atoms with Crippen molar-refractivity contribution in [3.63, 3.8) is 0 Å². The molecule has 2 rings (SSSR count). The lowest BCUT2D eigenvalue weighted by Crippen LogP contribution is -1.97. The summed E-state index contributed by atoms with van der Waals surface area (Å²) in [6, 6.07) is 3.88. The summed E-state index contributed by atoms with van der Waals surface area (Å²) in [5.74, 6) is 1.15. The van der Waals surface area contributed by atoms with Gasteiger partial charge in [0.1, 0.15) is 0 Å². The molecule has 0 aliphatic rings. The molecule has 2 heterocycles. The van der Waals surface area contributed by atoms with E-state index in [1.807, 2.05) is 12.1 Å². The van der Waals surface area contributed by atoms with Gasteiger partial charge in [-0.3, -0.25) is 4.98 Å². The molecule has 0 spiro atoms. The fourth-order valence-corrected chi connectivity index (χ4v) is 1.21. The average molecular weight is 189 g/mol. The minimum atomic E-state index is 0.434. The van der Waals surface area contributed by atoms with E-state index < -0.39 is 0 Å². The maximum Gasteiger partial charge on any atom is 0.218 e. The van der Waals surface area contributed by atoms with Crippen LogP contribution in [0.4, 0.5) is 5.95 Å². The number of hydrogen-bond acceptors (Lipinski definition) is 4. The zero-order chi connectivity index (χ0) is 9.97. The van der Waals surface area contributed by atoms with E-state index >= 15 is 0 Å². The van der Waals surface area contributed by atoms with Crippen LogP contribution in [0.3, 0.4) is 0 Å². The molecular weight excluding hydrogens is 178 g/mol. The third-order valence-corrected chi connectivity index (χ3v) is 1.93. The fraction of sp³-hybridized carbons (Fsp3) is 0.222. The van der Waals surface area contributed by atoms with Gasteiger partial charge in [0.15, 0.2) is 5.82 Å². The largest absolute Gasteiger partial charge is 0.368 e. The lowest BCUT2D eigenvalue weighted by molar-refractivity contribution is 0.758. The van der Waals surface area contributed by atoms with Crippen molar-refractivity contribution in [2.75, 3.05) is 5.73 Å². The Morgan fingerprint density at radius 2 is 2.36 bits per heavy atom. The van der Waals surface area contributed by atoms with Crippen LogP contribution in [-0.2, 0) is 13.5 Å². The summed E-state index contributed by atoms with van der Waals surface area (Å²) < 4.78 is 1.56. The number of nitrogen functional groups attached to an aromatic ring is 1. The van der Waals surface area contributed by atoms with Crippen LogP contribution in [0, 0.1) is 0 Å². The number of pyridine rings is 1. The molecule has 0 fully saturated rings. The third-order valence-electron chi connectivity index (χ3n) is 1.93. The summed E-state index contributed by atoms with van der Waals surface area (Å²) in [6.45, 7) is 0. The molecule has 0 unspecified atom stereocenters. The summed E-state index contributed by atoms with van der Waals surface area (Å²) in [6.07, 6.45) is 4.20. The Balaban J connectivity index is 2.19. The van der Waals surface area contributed by atoms with Crippen LogP contribution in [-0.4, -0.2) is 19.7 Å². The van der Waals surface area contributed by atoms with Gasteiger partial charge < -0.3 is 5.73 Å².